The topological polar surface area (TPSA) is 39.7 Å². The minimum absolute atomic E-state index is 0.256. The van der Waals surface area contributed by atoms with Crippen LogP contribution in [0.4, 0.5) is 5.69 Å². The van der Waals surface area contributed by atoms with Crippen LogP contribution in [0.1, 0.15) is 27.2 Å². The summed E-state index contributed by atoms with van der Waals surface area (Å²) >= 11 is 0. The molecule has 0 amide bonds. The Hall–Kier alpha value is -1.42. The van der Waals surface area contributed by atoms with Gasteiger partial charge in [-0.2, -0.15) is 0 Å². The zero-order valence-electron chi connectivity index (χ0n) is 11.0. The van der Waals surface area contributed by atoms with E-state index in [0.717, 1.165) is 30.2 Å². The normalized spacial score (nSPS) is 28.4. The summed E-state index contributed by atoms with van der Waals surface area (Å²) < 4.78 is 16.9. The van der Waals surface area contributed by atoms with Gasteiger partial charge in [0.05, 0.1) is 12.1 Å². The van der Waals surface area contributed by atoms with E-state index < -0.39 is 5.79 Å². The molecule has 2 aliphatic heterocycles. The first-order valence-electron chi connectivity index (χ1n) is 6.44. The van der Waals surface area contributed by atoms with Crippen LogP contribution in [0.15, 0.2) is 18.2 Å². The first-order chi connectivity index (χ1) is 8.53. The van der Waals surface area contributed by atoms with Crippen molar-refractivity contribution in [2.75, 3.05) is 11.9 Å². The molecule has 0 bridgehead atoms. The lowest BCUT2D eigenvalue weighted by Gasteiger charge is -2.17. The second-order valence-electron chi connectivity index (χ2n) is 5.38. The number of rotatable bonds is 2. The fourth-order valence-electron chi connectivity index (χ4n) is 2.45. The van der Waals surface area contributed by atoms with E-state index in [1.165, 1.54) is 0 Å². The minimum atomic E-state index is -0.565. The van der Waals surface area contributed by atoms with Gasteiger partial charge in [-0.25, -0.2) is 0 Å². The first kappa shape index (κ1) is 11.7. The van der Waals surface area contributed by atoms with Crippen molar-refractivity contribution in [3.05, 3.63) is 18.2 Å². The predicted octanol–water partition coefficient (Wildman–Crippen LogP) is 2.78. The third kappa shape index (κ3) is 2.12. The third-order valence-corrected chi connectivity index (χ3v) is 3.38. The Balaban J connectivity index is 1.76. The first-order valence-corrected chi connectivity index (χ1v) is 6.44. The van der Waals surface area contributed by atoms with Crippen LogP contribution in [0, 0.1) is 0 Å². The van der Waals surface area contributed by atoms with Crippen LogP contribution in [0.3, 0.4) is 0 Å². The molecule has 1 saturated heterocycles. The van der Waals surface area contributed by atoms with E-state index in [2.05, 4.69) is 12.2 Å². The van der Waals surface area contributed by atoms with Crippen LogP contribution in [-0.2, 0) is 4.74 Å². The monoisotopic (exact) mass is 249 g/mol. The zero-order chi connectivity index (χ0) is 12.8. The lowest BCUT2D eigenvalue weighted by atomic mass is 10.1. The minimum Gasteiger partial charge on any atom is -0.449 e. The van der Waals surface area contributed by atoms with Crippen molar-refractivity contribution in [1.29, 1.82) is 0 Å². The van der Waals surface area contributed by atoms with Crippen LogP contribution < -0.4 is 14.8 Å². The molecule has 1 aromatic rings. The molecule has 4 nitrogen and oxygen atoms in total. The molecule has 1 fully saturated rings. The highest BCUT2D eigenvalue weighted by atomic mass is 16.7. The van der Waals surface area contributed by atoms with Crippen molar-refractivity contribution in [3.8, 4) is 11.5 Å². The molecule has 4 heteroatoms. The maximum Gasteiger partial charge on any atom is 0.246 e. The van der Waals surface area contributed by atoms with Crippen molar-refractivity contribution >= 4 is 5.69 Å². The number of anilines is 1. The Kier molecular flexibility index (Phi) is 2.63. The SMILES string of the molecule is CC1OCCC1Nc1ccc2c(c1)OC(C)(C)O2. The summed E-state index contributed by atoms with van der Waals surface area (Å²) in [6, 6.07) is 6.34. The summed E-state index contributed by atoms with van der Waals surface area (Å²) in [6.45, 7) is 6.75. The molecule has 0 radical (unpaired) electrons. The van der Waals surface area contributed by atoms with E-state index in [0.29, 0.717) is 6.04 Å². The Morgan fingerprint density at radius 2 is 2.00 bits per heavy atom. The number of nitrogens with one attached hydrogen (secondary N) is 1. The smallest absolute Gasteiger partial charge is 0.246 e. The van der Waals surface area contributed by atoms with E-state index in [1.807, 2.05) is 32.0 Å². The fourth-order valence-corrected chi connectivity index (χ4v) is 2.45. The molecule has 2 atom stereocenters. The van der Waals surface area contributed by atoms with Crippen molar-refractivity contribution in [1.82, 2.24) is 0 Å². The van der Waals surface area contributed by atoms with Crippen LogP contribution in [0.5, 0.6) is 11.5 Å². The summed E-state index contributed by atoms with van der Waals surface area (Å²) in [5, 5.41) is 3.49. The molecule has 0 aromatic heterocycles. The molecule has 0 aliphatic carbocycles. The molecule has 3 rings (SSSR count). The standard InChI is InChI=1S/C14H19NO3/c1-9-11(6-7-16-9)15-10-4-5-12-13(8-10)18-14(2,3)17-12/h4-5,8-9,11,15H,6-7H2,1-3H3. The third-order valence-electron chi connectivity index (χ3n) is 3.38. The molecule has 0 spiro atoms. The van der Waals surface area contributed by atoms with Gasteiger partial charge in [0.15, 0.2) is 11.5 Å². The molecular formula is C14H19NO3. The summed E-state index contributed by atoms with van der Waals surface area (Å²) in [5.41, 5.74) is 1.05. The average Bonchev–Trinajstić information content (AvgIpc) is 2.80. The predicted molar refractivity (Wildman–Crippen MR) is 69.2 cm³/mol. The summed E-state index contributed by atoms with van der Waals surface area (Å²) in [7, 11) is 0. The van der Waals surface area contributed by atoms with Crippen molar-refractivity contribution in [2.45, 2.75) is 45.1 Å². The van der Waals surface area contributed by atoms with Gasteiger partial charge in [0.1, 0.15) is 0 Å². The molecule has 1 aromatic carbocycles. The van der Waals surface area contributed by atoms with E-state index in [9.17, 15) is 0 Å². The highest BCUT2D eigenvalue weighted by molar-refractivity contribution is 5.56. The summed E-state index contributed by atoms with van der Waals surface area (Å²) in [5.74, 6) is 1.04. The molecule has 0 saturated carbocycles. The van der Waals surface area contributed by atoms with Gasteiger partial charge in [-0.15, -0.1) is 0 Å². The van der Waals surface area contributed by atoms with Crippen molar-refractivity contribution in [2.24, 2.45) is 0 Å². The number of hydrogen-bond donors (Lipinski definition) is 1. The lowest BCUT2D eigenvalue weighted by Crippen LogP contribution is -2.29. The Morgan fingerprint density at radius 1 is 1.22 bits per heavy atom. The van der Waals surface area contributed by atoms with Crippen LogP contribution in [0.25, 0.3) is 0 Å². The van der Waals surface area contributed by atoms with Gasteiger partial charge in [-0.1, -0.05) is 0 Å². The summed E-state index contributed by atoms with van der Waals surface area (Å²) in [6.07, 6.45) is 1.30. The van der Waals surface area contributed by atoms with Crippen LogP contribution >= 0.6 is 0 Å². The van der Waals surface area contributed by atoms with Crippen molar-refractivity contribution < 1.29 is 14.2 Å². The van der Waals surface area contributed by atoms with Crippen LogP contribution in [0.2, 0.25) is 0 Å². The molecular weight excluding hydrogens is 230 g/mol. The second-order valence-corrected chi connectivity index (χ2v) is 5.38. The Labute approximate surface area is 107 Å². The highest BCUT2D eigenvalue weighted by Crippen LogP contribution is 2.40. The van der Waals surface area contributed by atoms with Crippen molar-refractivity contribution in [3.63, 3.8) is 0 Å². The molecule has 1 N–H and O–H groups in total. The average molecular weight is 249 g/mol. The van der Waals surface area contributed by atoms with Gasteiger partial charge in [0.25, 0.3) is 0 Å². The van der Waals surface area contributed by atoms with Gasteiger partial charge in [0, 0.05) is 32.2 Å². The maximum atomic E-state index is 5.73. The Morgan fingerprint density at radius 3 is 2.72 bits per heavy atom. The van der Waals surface area contributed by atoms with Crippen LogP contribution in [-0.4, -0.2) is 24.5 Å². The molecule has 2 unspecified atom stereocenters. The lowest BCUT2D eigenvalue weighted by molar-refractivity contribution is -0.0431. The van der Waals surface area contributed by atoms with Gasteiger partial charge >= 0.3 is 0 Å². The second kappa shape index (κ2) is 4.05. The molecule has 18 heavy (non-hydrogen) atoms. The number of fused-ring (bicyclic) bond motifs is 1. The van der Waals surface area contributed by atoms with Gasteiger partial charge in [0.2, 0.25) is 5.79 Å². The van der Waals surface area contributed by atoms with E-state index in [4.69, 9.17) is 14.2 Å². The largest absolute Gasteiger partial charge is 0.449 e. The number of benzene rings is 1. The molecule has 98 valence electrons. The zero-order valence-corrected chi connectivity index (χ0v) is 11.0. The van der Waals surface area contributed by atoms with Gasteiger partial charge in [-0.05, 0) is 25.5 Å². The molecule has 2 heterocycles. The van der Waals surface area contributed by atoms with E-state index >= 15 is 0 Å². The maximum absolute atomic E-state index is 5.73. The van der Waals surface area contributed by atoms with E-state index in [-0.39, 0.29) is 6.10 Å². The highest BCUT2D eigenvalue weighted by Gasteiger charge is 2.32. The fraction of sp³-hybridized carbons (Fsp3) is 0.571. The molecule has 2 aliphatic rings. The Bertz CT molecular complexity index is 458. The van der Waals surface area contributed by atoms with Gasteiger partial charge in [-0.3, -0.25) is 0 Å². The number of ether oxygens (including phenoxy) is 3. The van der Waals surface area contributed by atoms with E-state index in [1.54, 1.807) is 0 Å². The quantitative estimate of drug-likeness (QED) is 0.875. The number of hydrogen-bond acceptors (Lipinski definition) is 4. The summed E-state index contributed by atoms with van der Waals surface area (Å²) in [4.78, 5) is 0. The van der Waals surface area contributed by atoms with Gasteiger partial charge < -0.3 is 19.5 Å².